The van der Waals surface area contributed by atoms with Gasteiger partial charge in [0.15, 0.2) is 11.2 Å². The quantitative estimate of drug-likeness (QED) is 0.855. The fourth-order valence-corrected chi connectivity index (χ4v) is 1.69. The Morgan fingerprint density at radius 2 is 2.17 bits per heavy atom. The summed E-state index contributed by atoms with van der Waals surface area (Å²) in [7, 11) is 0. The summed E-state index contributed by atoms with van der Waals surface area (Å²) >= 11 is 0. The Morgan fingerprint density at radius 1 is 1.48 bits per heavy atom. The molecule has 0 unspecified atom stereocenters. The van der Waals surface area contributed by atoms with Crippen LogP contribution in [-0.4, -0.2) is 45.8 Å². The Balaban J connectivity index is 1.97. The number of alkyl carbamates (subject to hydrolysis) is 1. The van der Waals surface area contributed by atoms with Crippen LogP contribution in [0.15, 0.2) is 15.7 Å². The number of aliphatic imine (C=N–C) groups is 1. The molecule has 1 aliphatic rings. The highest BCUT2D eigenvalue weighted by molar-refractivity contribution is 5.96. The van der Waals surface area contributed by atoms with Gasteiger partial charge in [-0.05, 0) is 27.7 Å². The van der Waals surface area contributed by atoms with Gasteiger partial charge in [-0.1, -0.05) is 0 Å². The molecule has 0 radical (unpaired) electrons. The lowest BCUT2D eigenvalue weighted by atomic mass is 10.1. The second kappa shape index (κ2) is 5.90. The van der Waals surface area contributed by atoms with E-state index < -0.39 is 23.2 Å². The number of amides is 1. The van der Waals surface area contributed by atoms with Gasteiger partial charge in [0.2, 0.25) is 11.8 Å². The van der Waals surface area contributed by atoms with E-state index in [0.29, 0.717) is 0 Å². The third-order valence-electron chi connectivity index (χ3n) is 2.85. The van der Waals surface area contributed by atoms with Gasteiger partial charge in [-0.15, -0.1) is 0 Å². The second-order valence-electron chi connectivity index (χ2n) is 6.27. The number of aliphatic carboxylic acids is 1. The maximum Gasteiger partial charge on any atom is 0.408 e. The van der Waals surface area contributed by atoms with Gasteiger partial charge >= 0.3 is 12.1 Å². The lowest BCUT2D eigenvalue weighted by Gasteiger charge is -2.19. The van der Waals surface area contributed by atoms with E-state index in [1.54, 1.807) is 20.8 Å². The summed E-state index contributed by atoms with van der Waals surface area (Å²) in [4.78, 5) is 30.8. The molecule has 2 rings (SSSR count). The molecule has 23 heavy (non-hydrogen) atoms. The van der Waals surface area contributed by atoms with Crippen molar-refractivity contribution in [1.82, 2.24) is 10.3 Å². The van der Waals surface area contributed by atoms with E-state index in [0.717, 1.165) is 0 Å². The van der Waals surface area contributed by atoms with Crippen LogP contribution in [0, 0.1) is 0 Å². The maximum absolute atomic E-state index is 11.5. The topological polar surface area (TPSA) is 123 Å². The average molecular weight is 325 g/mol. The van der Waals surface area contributed by atoms with Gasteiger partial charge in [0.25, 0.3) is 0 Å². The highest BCUT2D eigenvalue weighted by atomic mass is 16.6. The van der Waals surface area contributed by atoms with Crippen LogP contribution in [0.3, 0.4) is 0 Å². The Kier molecular flexibility index (Phi) is 4.31. The van der Waals surface area contributed by atoms with Gasteiger partial charge in [-0.2, -0.15) is 0 Å². The summed E-state index contributed by atoms with van der Waals surface area (Å²) in [5.74, 6) is -0.758. The molecule has 126 valence electrons. The van der Waals surface area contributed by atoms with Crippen molar-refractivity contribution in [3.63, 3.8) is 0 Å². The Bertz CT molecular complexity index is 645. The van der Waals surface area contributed by atoms with Gasteiger partial charge in [0, 0.05) is 0 Å². The molecule has 1 aromatic rings. The molecule has 0 aromatic carbocycles. The number of oxazole rings is 1. The van der Waals surface area contributed by atoms with E-state index in [1.807, 2.05) is 0 Å². The number of carbonyl (C=O) groups is 2. The van der Waals surface area contributed by atoms with Crippen molar-refractivity contribution < 1.29 is 28.6 Å². The molecule has 0 saturated heterocycles. The minimum atomic E-state index is -1.33. The smallest absolute Gasteiger partial charge is 0.408 e. The molecule has 0 fully saturated rings. The fourth-order valence-electron chi connectivity index (χ4n) is 1.69. The number of hydrogen-bond acceptors (Lipinski definition) is 7. The first-order valence-electron chi connectivity index (χ1n) is 6.97. The van der Waals surface area contributed by atoms with Crippen LogP contribution in [-0.2, 0) is 20.8 Å². The van der Waals surface area contributed by atoms with Crippen molar-refractivity contribution in [2.45, 2.75) is 45.4 Å². The molecule has 0 bridgehead atoms. The molecular formula is C14H19N3O6. The molecule has 9 heteroatoms. The summed E-state index contributed by atoms with van der Waals surface area (Å²) < 4.78 is 15.5. The number of ether oxygens (including phenoxy) is 2. The van der Waals surface area contributed by atoms with Crippen LogP contribution in [0.2, 0.25) is 0 Å². The normalized spacial score (nSPS) is 20.6. The zero-order valence-corrected chi connectivity index (χ0v) is 13.4. The van der Waals surface area contributed by atoms with Gasteiger partial charge in [-0.25, -0.2) is 19.6 Å². The first-order chi connectivity index (χ1) is 10.6. The third kappa shape index (κ3) is 4.21. The zero-order chi connectivity index (χ0) is 17.3. The number of carbonyl (C=O) groups excluding carboxylic acids is 1. The molecule has 0 aliphatic carbocycles. The third-order valence-corrected chi connectivity index (χ3v) is 2.85. The summed E-state index contributed by atoms with van der Waals surface area (Å²) in [5, 5.41) is 11.6. The molecule has 0 saturated carbocycles. The van der Waals surface area contributed by atoms with Gasteiger partial charge in [0.1, 0.15) is 18.5 Å². The van der Waals surface area contributed by atoms with Crippen molar-refractivity contribution in [3.8, 4) is 0 Å². The standard InChI is InChI=1S/C14H19N3O6/c1-13(2,3)23-12(20)15-5-9-16-8(6-21-9)10-17-14(4,7-22-10)11(18)19/h6H,5,7H2,1-4H3,(H,15,20)(H,18,19)/t14-/m0/s1. The maximum atomic E-state index is 11.5. The summed E-state index contributed by atoms with van der Waals surface area (Å²) in [6, 6.07) is 0. The van der Waals surface area contributed by atoms with Crippen molar-refractivity contribution in [2.75, 3.05) is 6.61 Å². The zero-order valence-electron chi connectivity index (χ0n) is 13.4. The van der Waals surface area contributed by atoms with Gasteiger partial charge in [0.05, 0.1) is 6.54 Å². The molecule has 2 N–H and O–H groups in total. The largest absolute Gasteiger partial charge is 0.479 e. The number of nitrogens with zero attached hydrogens (tertiary/aromatic N) is 2. The Morgan fingerprint density at radius 3 is 2.74 bits per heavy atom. The van der Waals surface area contributed by atoms with E-state index in [9.17, 15) is 9.59 Å². The Labute approximate surface area is 132 Å². The summed E-state index contributed by atoms with van der Waals surface area (Å²) in [6.45, 7) is 6.67. The predicted molar refractivity (Wildman–Crippen MR) is 78.1 cm³/mol. The molecule has 1 aliphatic heterocycles. The highest BCUT2D eigenvalue weighted by Crippen LogP contribution is 2.21. The van der Waals surface area contributed by atoms with Crippen LogP contribution in [0.4, 0.5) is 4.79 Å². The minimum absolute atomic E-state index is 0.0262. The van der Waals surface area contributed by atoms with E-state index >= 15 is 0 Å². The molecular weight excluding hydrogens is 306 g/mol. The molecule has 2 heterocycles. The van der Waals surface area contributed by atoms with E-state index in [2.05, 4.69) is 15.3 Å². The number of nitrogens with one attached hydrogen (secondary N) is 1. The lowest BCUT2D eigenvalue weighted by molar-refractivity contribution is -0.142. The first-order valence-corrected chi connectivity index (χ1v) is 6.97. The van der Waals surface area contributed by atoms with Gasteiger partial charge in [-0.3, -0.25) is 0 Å². The molecule has 1 amide bonds. The monoisotopic (exact) mass is 325 g/mol. The first kappa shape index (κ1) is 16.8. The molecule has 9 nitrogen and oxygen atoms in total. The number of carboxylic acids is 1. The molecule has 0 spiro atoms. The Hall–Kier alpha value is -2.58. The van der Waals surface area contributed by atoms with Crippen molar-refractivity contribution >= 4 is 18.0 Å². The van der Waals surface area contributed by atoms with Crippen molar-refractivity contribution in [3.05, 3.63) is 17.8 Å². The van der Waals surface area contributed by atoms with E-state index in [4.69, 9.17) is 19.0 Å². The van der Waals surface area contributed by atoms with Crippen LogP contribution < -0.4 is 5.32 Å². The van der Waals surface area contributed by atoms with Crippen LogP contribution >= 0.6 is 0 Å². The van der Waals surface area contributed by atoms with Crippen molar-refractivity contribution in [2.24, 2.45) is 4.99 Å². The SMILES string of the molecule is CC(C)(C)OC(=O)NCc1nc(C2=N[C@](C)(C(=O)O)CO2)co1. The predicted octanol–water partition coefficient (Wildman–Crippen LogP) is 1.32. The van der Waals surface area contributed by atoms with Crippen LogP contribution in [0.1, 0.15) is 39.3 Å². The second-order valence-corrected chi connectivity index (χ2v) is 6.27. The van der Waals surface area contributed by atoms with Crippen molar-refractivity contribution in [1.29, 1.82) is 0 Å². The number of hydrogen-bond donors (Lipinski definition) is 2. The van der Waals surface area contributed by atoms with E-state index in [-0.39, 0.29) is 30.6 Å². The fraction of sp³-hybridized carbons (Fsp3) is 0.571. The number of rotatable bonds is 4. The molecule has 1 aromatic heterocycles. The minimum Gasteiger partial charge on any atom is -0.479 e. The molecule has 1 atom stereocenters. The summed E-state index contributed by atoms with van der Waals surface area (Å²) in [5.41, 5.74) is -1.65. The number of aromatic nitrogens is 1. The lowest BCUT2D eigenvalue weighted by Crippen LogP contribution is -2.34. The van der Waals surface area contributed by atoms with E-state index in [1.165, 1.54) is 13.2 Å². The number of carboxylic acid groups (broad SMARTS) is 1. The van der Waals surface area contributed by atoms with Gasteiger partial charge < -0.3 is 24.3 Å². The average Bonchev–Trinajstić information content (AvgIpc) is 3.01. The van der Waals surface area contributed by atoms with Crippen LogP contribution in [0.5, 0.6) is 0 Å². The summed E-state index contributed by atoms with van der Waals surface area (Å²) in [6.07, 6.45) is 0.698. The highest BCUT2D eigenvalue weighted by Gasteiger charge is 2.40. The van der Waals surface area contributed by atoms with Crippen LogP contribution in [0.25, 0.3) is 0 Å².